The zero-order valence-electron chi connectivity index (χ0n) is 12.4. The molecular formula is C19H12F2FeO2-6. The van der Waals surface area contributed by atoms with Crippen LogP contribution in [0.4, 0.5) is 8.78 Å². The van der Waals surface area contributed by atoms with Gasteiger partial charge in [-0.1, -0.05) is 5.56 Å². The fourth-order valence-corrected chi connectivity index (χ4v) is 2.18. The third kappa shape index (κ3) is 3.88. The number of fused-ring (bicyclic) bond motifs is 1. The van der Waals surface area contributed by atoms with Crippen LogP contribution in [-0.4, -0.2) is 0 Å². The fraction of sp³-hybridized carbons (Fsp3) is 0. The molecule has 0 N–H and O–H groups in total. The molecule has 4 rings (SSSR count). The Morgan fingerprint density at radius 2 is 1.50 bits per heavy atom. The number of benzene rings is 1. The Bertz CT molecular complexity index is 938. The van der Waals surface area contributed by atoms with E-state index in [1.165, 1.54) is 6.07 Å². The van der Waals surface area contributed by atoms with E-state index in [4.69, 9.17) is 4.42 Å². The van der Waals surface area contributed by atoms with Crippen molar-refractivity contribution in [3.05, 3.63) is 94.7 Å². The quantitative estimate of drug-likeness (QED) is 0.356. The predicted molar refractivity (Wildman–Crippen MR) is 85.5 cm³/mol. The summed E-state index contributed by atoms with van der Waals surface area (Å²) >= 11 is 0. The Morgan fingerprint density at radius 1 is 0.917 bits per heavy atom. The van der Waals surface area contributed by atoms with Crippen molar-refractivity contribution in [1.82, 2.24) is 0 Å². The molecule has 0 amide bonds. The van der Waals surface area contributed by atoms with Gasteiger partial charge in [0.05, 0.1) is 11.1 Å². The second kappa shape index (κ2) is 7.86. The average molecular weight is 366 g/mol. The summed E-state index contributed by atoms with van der Waals surface area (Å²) in [6.45, 7) is 0. The molecule has 1 heterocycles. The van der Waals surface area contributed by atoms with E-state index in [1.54, 1.807) is 24.3 Å². The Kier molecular flexibility index (Phi) is 5.85. The maximum Gasteiger partial charge on any atom is 0.171 e. The summed E-state index contributed by atoms with van der Waals surface area (Å²) in [5, 5.41) is -0.0946. The molecule has 24 heavy (non-hydrogen) atoms. The number of halogens is 2. The largest absolute Gasteiger partial charge is 0.748 e. The average Bonchev–Trinajstić information content (AvgIpc) is 3.24. The van der Waals surface area contributed by atoms with Crippen molar-refractivity contribution in [3.8, 4) is 11.3 Å². The Morgan fingerprint density at radius 3 is 2.08 bits per heavy atom. The molecular weight excluding hydrogens is 354 g/mol. The molecule has 0 saturated carbocycles. The van der Waals surface area contributed by atoms with Crippen LogP contribution in [0.3, 0.4) is 0 Å². The summed E-state index contributed by atoms with van der Waals surface area (Å²) in [6.07, 6.45) is 0. The minimum Gasteiger partial charge on any atom is -0.748 e. The van der Waals surface area contributed by atoms with Gasteiger partial charge in [-0.15, -0.1) is 12.1 Å². The molecule has 0 atom stereocenters. The molecule has 0 aliphatic carbocycles. The van der Waals surface area contributed by atoms with Gasteiger partial charge in [0.25, 0.3) is 0 Å². The first-order chi connectivity index (χ1) is 11.1. The molecule has 5 heteroatoms. The van der Waals surface area contributed by atoms with Crippen molar-refractivity contribution in [2.24, 2.45) is 0 Å². The topological polar surface area (TPSA) is 30.2 Å². The van der Waals surface area contributed by atoms with Gasteiger partial charge in [0.15, 0.2) is 16.8 Å². The van der Waals surface area contributed by atoms with Crippen LogP contribution in [0.5, 0.6) is 0 Å². The molecule has 3 aromatic carbocycles. The predicted octanol–water partition coefficient (Wildman–Crippen LogP) is 4.86. The smallest absolute Gasteiger partial charge is 0.171 e. The third-order valence-corrected chi connectivity index (χ3v) is 3.25. The molecule has 0 fully saturated rings. The zero-order chi connectivity index (χ0) is 16.2. The van der Waals surface area contributed by atoms with E-state index >= 15 is 0 Å². The van der Waals surface area contributed by atoms with Crippen LogP contribution in [0.15, 0.2) is 82.0 Å². The molecule has 0 radical (unpaired) electrons. The Hall–Kier alpha value is -2.49. The van der Waals surface area contributed by atoms with Gasteiger partial charge in [0.2, 0.25) is 0 Å². The standard InChI is InChI=1S/C14H7F2O2.C5H5.Fe/c15-9-5-10-12(17)7-13(8-3-1-2-4-8)18-14(10)11(16)6-9;1-2-4-5-3-1;/h1-7H;1-5H;/q-1;-5;. The van der Waals surface area contributed by atoms with Gasteiger partial charge in [-0.2, -0.15) is 12.1 Å². The van der Waals surface area contributed by atoms with Gasteiger partial charge >= 0.3 is 0 Å². The van der Waals surface area contributed by atoms with Gasteiger partial charge in [0.1, 0.15) is 5.82 Å². The third-order valence-electron chi connectivity index (χ3n) is 3.25. The normalized spacial score (nSPS) is 9.92. The maximum absolute atomic E-state index is 13.6. The first-order valence-corrected chi connectivity index (χ1v) is 6.97. The van der Waals surface area contributed by atoms with E-state index in [2.05, 4.69) is 0 Å². The van der Waals surface area contributed by atoms with Crippen LogP contribution < -0.4 is 5.43 Å². The van der Waals surface area contributed by atoms with Gasteiger partial charge in [-0.25, -0.2) is 8.78 Å². The number of rotatable bonds is 1. The van der Waals surface area contributed by atoms with Crippen molar-refractivity contribution >= 4 is 11.0 Å². The van der Waals surface area contributed by atoms with Crippen LogP contribution >= 0.6 is 0 Å². The van der Waals surface area contributed by atoms with Crippen molar-refractivity contribution in [1.29, 1.82) is 0 Å². The van der Waals surface area contributed by atoms with E-state index in [1.807, 2.05) is 30.3 Å². The minimum absolute atomic E-state index is 0. The van der Waals surface area contributed by atoms with Crippen molar-refractivity contribution in [2.45, 2.75) is 0 Å². The van der Waals surface area contributed by atoms with E-state index in [0.29, 0.717) is 11.6 Å². The first-order valence-electron chi connectivity index (χ1n) is 6.97. The SMILES string of the molecule is O=c1cc(-[c-]2cccc2)oc2c(F)cc(F)cc12.[Fe].[cH-]1[cH-][cH-][cH-][cH-]1. The first kappa shape index (κ1) is 17.9. The summed E-state index contributed by atoms with van der Waals surface area (Å²) in [4.78, 5) is 11.8. The molecule has 4 aromatic rings. The number of hydrogen-bond acceptors (Lipinski definition) is 2. The Labute approximate surface area is 147 Å². The Balaban J connectivity index is 0.000000300. The zero-order valence-corrected chi connectivity index (χ0v) is 13.5. The van der Waals surface area contributed by atoms with E-state index in [0.717, 1.165) is 6.07 Å². The number of hydrogen-bond donors (Lipinski definition) is 0. The van der Waals surface area contributed by atoms with Crippen molar-refractivity contribution in [2.75, 3.05) is 0 Å². The van der Waals surface area contributed by atoms with Gasteiger partial charge in [-0.05, 0) is 12.1 Å². The van der Waals surface area contributed by atoms with E-state index < -0.39 is 17.1 Å². The molecule has 0 aliphatic heterocycles. The molecule has 128 valence electrons. The summed E-state index contributed by atoms with van der Waals surface area (Å²) < 4.78 is 31.9. The van der Waals surface area contributed by atoms with E-state index in [-0.39, 0.29) is 33.8 Å². The fourth-order valence-electron chi connectivity index (χ4n) is 2.18. The second-order valence-corrected chi connectivity index (χ2v) is 4.88. The van der Waals surface area contributed by atoms with Crippen LogP contribution in [0.1, 0.15) is 0 Å². The molecule has 2 nitrogen and oxygen atoms in total. The molecule has 0 bridgehead atoms. The second-order valence-electron chi connectivity index (χ2n) is 4.88. The van der Waals surface area contributed by atoms with Gasteiger partial charge < -0.3 is 39.5 Å². The van der Waals surface area contributed by atoms with Crippen LogP contribution in [-0.2, 0) is 17.1 Å². The molecule has 0 aliphatic rings. The molecule has 0 saturated heterocycles. The monoisotopic (exact) mass is 366 g/mol. The van der Waals surface area contributed by atoms with Crippen LogP contribution in [0.25, 0.3) is 22.3 Å². The van der Waals surface area contributed by atoms with Gasteiger partial charge in [0, 0.05) is 23.1 Å². The van der Waals surface area contributed by atoms with Crippen molar-refractivity contribution < 1.29 is 30.3 Å². The summed E-state index contributed by atoms with van der Waals surface area (Å²) in [6, 6.07) is 19.9. The van der Waals surface area contributed by atoms with E-state index in [9.17, 15) is 13.6 Å². The molecule has 0 spiro atoms. The van der Waals surface area contributed by atoms with Crippen LogP contribution in [0.2, 0.25) is 0 Å². The molecule has 0 unspecified atom stereocenters. The summed E-state index contributed by atoms with van der Waals surface area (Å²) in [5.41, 5.74) is -0.0105. The maximum atomic E-state index is 13.6. The van der Waals surface area contributed by atoms with Crippen LogP contribution in [0, 0.1) is 11.6 Å². The summed E-state index contributed by atoms with van der Waals surface area (Å²) in [5.74, 6) is -1.41. The minimum atomic E-state index is -0.879. The summed E-state index contributed by atoms with van der Waals surface area (Å²) in [7, 11) is 0. The van der Waals surface area contributed by atoms with Crippen molar-refractivity contribution in [3.63, 3.8) is 0 Å². The molecule has 1 aromatic heterocycles. The van der Waals surface area contributed by atoms with Gasteiger partial charge in [-0.3, -0.25) is 0 Å².